The summed E-state index contributed by atoms with van der Waals surface area (Å²) in [6.07, 6.45) is -1.16. The Kier molecular flexibility index (Phi) is 5.99. The van der Waals surface area contributed by atoms with Crippen LogP contribution in [-0.4, -0.2) is 24.8 Å². The molecule has 2 aromatic carbocycles. The summed E-state index contributed by atoms with van der Waals surface area (Å²) in [5.41, 5.74) is 0. The van der Waals surface area contributed by atoms with Crippen LogP contribution >= 0.6 is 0 Å². The zero-order chi connectivity index (χ0) is 16.5. The first-order chi connectivity index (χ1) is 11.1. The van der Waals surface area contributed by atoms with Gasteiger partial charge in [0.2, 0.25) is 0 Å². The number of carbonyl (C=O) groups is 2. The summed E-state index contributed by atoms with van der Waals surface area (Å²) in [5.74, 6) is 0.905. The van der Waals surface area contributed by atoms with Crippen LogP contribution in [0.3, 0.4) is 0 Å². The number of hydrogen-bond acceptors (Lipinski definition) is 4. The molecule has 0 unspecified atom stereocenters. The zero-order valence-corrected chi connectivity index (χ0v) is 12.7. The monoisotopic (exact) mass is 314 g/mol. The lowest BCUT2D eigenvalue weighted by atomic mass is 10.3. The molecule has 0 radical (unpaired) electrons. The normalized spacial score (nSPS) is 11.2. The largest absolute Gasteiger partial charge is 0.412 e. The summed E-state index contributed by atoms with van der Waals surface area (Å²) in [6.45, 7) is 1.96. The van der Waals surface area contributed by atoms with Gasteiger partial charge in [0.25, 0.3) is 0 Å². The average molecular weight is 314 g/mol. The summed E-state index contributed by atoms with van der Waals surface area (Å²) < 4.78 is 10.2. The molecule has 0 saturated carbocycles. The topological polar surface area (TPSA) is 76.7 Å². The summed E-state index contributed by atoms with van der Waals surface area (Å²) >= 11 is 0. The number of amides is 2. The Balaban J connectivity index is 1.69. The molecule has 0 heterocycles. The van der Waals surface area contributed by atoms with Crippen molar-refractivity contribution in [2.24, 2.45) is 0 Å². The van der Waals surface area contributed by atoms with Crippen LogP contribution in [0, 0.1) is 0 Å². The van der Waals surface area contributed by atoms with E-state index < -0.39 is 12.2 Å². The molecule has 0 aromatic heterocycles. The van der Waals surface area contributed by atoms with E-state index in [-0.39, 0.29) is 12.6 Å². The highest BCUT2D eigenvalue weighted by Gasteiger charge is 2.11. The fourth-order valence-electron chi connectivity index (χ4n) is 1.75. The van der Waals surface area contributed by atoms with Crippen LogP contribution in [0.15, 0.2) is 60.7 Å². The van der Waals surface area contributed by atoms with Crippen LogP contribution in [0.5, 0.6) is 11.5 Å². The second-order valence-electron chi connectivity index (χ2n) is 4.83. The van der Waals surface area contributed by atoms with E-state index in [9.17, 15) is 9.59 Å². The molecule has 0 aliphatic heterocycles. The van der Waals surface area contributed by atoms with Crippen LogP contribution < -0.4 is 20.1 Å². The fraction of sp³-hybridized carbons (Fsp3) is 0.176. The Morgan fingerprint density at radius 3 is 1.87 bits per heavy atom. The average Bonchev–Trinajstić information content (AvgIpc) is 2.55. The molecule has 0 spiro atoms. The minimum absolute atomic E-state index is 0.218. The molecular formula is C17H18N2O4. The minimum Gasteiger partial charge on any atom is -0.410 e. The van der Waals surface area contributed by atoms with Crippen LogP contribution in [0.2, 0.25) is 0 Å². The van der Waals surface area contributed by atoms with Crippen molar-refractivity contribution in [2.45, 2.75) is 13.0 Å². The van der Waals surface area contributed by atoms with E-state index in [1.807, 2.05) is 12.1 Å². The van der Waals surface area contributed by atoms with Crippen molar-refractivity contribution in [1.29, 1.82) is 0 Å². The van der Waals surface area contributed by atoms with Gasteiger partial charge >= 0.3 is 12.2 Å². The molecule has 0 aliphatic carbocycles. The molecule has 6 heteroatoms. The molecule has 2 aromatic rings. The second-order valence-corrected chi connectivity index (χ2v) is 4.83. The third-order valence-corrected chi connectivity index (χ3v) is 2.82. The molecule has 2 amide bonds. The highest BCUT2D eigenvalue weighted by molar-refractivity contribution is 5.72. The van der Waals surface area contributed by atoms with Gasteiger partial charge in [0.15, 0.2) is 0 Å². The summed E-state index contributed by atoms with van der Waals surface area (Å²) in [7, 11) is 0. The number of benzene rings is 2. The smallest absolute Gasteiger partial charge is 0.410 e. The van der Waals surface area contributed by atoms with Crippen molar-refractivity contribution in [3.63, 3.8) is 0 Å². The predicted molar refractivity (Wildman–Crippen MR) is 85.5 cm³/mol. The Labute approximate surface area is 134 Å². The van der Waals surface area contributed by atoms with Gasteiger partial charge in [-0.2, -0.15) is 0 Å². The SMILES string of the molecule is C[C@@H](CNC(=O)Oc1ccccc1)NC(=O)Oc1ccccc1. The van der Waals surface area contributed by atoms with Gasteiger partial charge in [-0.3, -0.25) is 0 Å². The van der Waals surface area contributed by atoms with E-state index >= 15 is 0 Å². The van der Waals surface area contributed by atoms with Gasteiger partial charge in [0.1, 0.15) is 11.5 Å². The molecule has 120 valence electrons. The van der Waals surface area contributed by atoms with Crippen molar-refractivity contribution in [3.8, 4) is 11.5 Å². The first-order valence-electron chi connectivity index (χ1n) is 7.17. The summed E-state index contributed by atoms with van der Waals surface area (Å²) in [6, 6.07) is 17.1. The highest BCUT2D eigenvalue weighted by atomic mass is 16.6. The van der Waals surface area contributed by atoms with Gasteiger partial charge in [-0.25, -0.2) is 9.59 Å². The molecule has 0 bridgehead atoms. The molecule has 2 N–H and O–H groups in total. The summed E-state index contributed by atoms with van der Waals surface area (Å²) in [5, 5.41) is 5.18. The van der Waals surface area contributed by atoms with E-state index in [1.54, 1.807) is 55.5 Å². The van der Waals surface area contributed by atoms with Gasteiger partial charge in [-0.05, 0) is 31.2 Å². The molecule has 0 fully saturated rings. The highest BCUT2D eigenvalue weighted by Crippen LogP contribution is 2.09. The Morgan fingerprint density at radius 2 is 1.35 bits per heavy atom. The van der Waals surface area contributed by atoms with Crippen molar-refractivity contribution in [1.82, 2.24) is 10.6 Å². The molecule has 1 atom stereocenters. The summed E-state index contributed by atoms with van der Waals surface area (Å²) in [4.78, 5) is 23.3. The second kappa shape index (κ2) is 8.43. The van der Waals surface area contributed by atoms with E-state index in [2.05, 4.69) is 10.6 Å². The number of carbonyl (C=O) groups excluding carboxylic acids is 2. The van der Waals surface area contributed by atoms with E-state index in [1.165, 1.54) is 0 Å². The lowest BCUT2D eigenvalue weighted by molar-refractivity contribution is 0.191. The number of nitrogens with one attached hydrogen (secondary N) is 2. The van der Waals surface area contributed by atoms with Crippen molar-refractivity contribution < 1.29 is 19.1 Å². The number of para-hydroxylation sites is 2. The predicted octanol–water partition coefficient (Wildman–Crippen LogP) is 2.95. The molecular weight excluding hydrogens is 296 g/mol. The number of ether oxygens (including phenoxy) is 2. The Bertz CT molecular complexity index is 632. The van der Waals surface area contributed by atoms with Crippen LogP contribution in [-0.2, 0) is 0 Å². The quantitative estimate of drug-likeness (QED) is 0.889. The fourth-order valence-corrected chi connectivity index (χ4v) is 1.75. The van der Waals surface area contributed by atoms with Gasteiger partial charge in [-0.1, -0.05) is 36.4 Å². The lowest BCUT2D eigenvalue weighted by Gasteiger charge is -2.14. The van der Waals surface area contributed by atoms with Gasteiger partial charge < -0.3 is 20.1 Å². The maximum atomic E-state index is 11.7. The maximum absolute atomic E-state index is 11.7. The van der Waals surface area contributed by atoms with Crippen LogP contribution in [0.25, 0.3) is 0 Å². The molecule has 2 rings (SSSR count). The van der Waals surface area contributed by atoms with Crippen LogP contribution in [0.4, 0.5) is 9.59 Å². The van der Waals surface area contributed by atoms with Gasteiger partial charge in [0.05, 0.1) is 0 Å². The molecule has 0 saturated heterocycles. The zero-order valence-electron chi connectivity index (χ0n) is 12.7. The first-order valence-corrected chi connectivity index (χ1v) is 7.17. The Hall–Kier alpha value is -3.02. The number of hydrogen-bond donors (Lipinski definition) is 2. The van der Waals surface area contributed by atoms with E-state index in [0.29, 0.717) is 11.5 Å². The first kappa shape index (κ1) is 16.4. The van der Waals surface area contributed by atoms with Crippen molar-refractivity contribution in [3.05, 3.63) is 60.7 Å². The number of rotatable bonds is 5. The molecule has 6 nitrogen and oxygen atoms in total. The third kappa shape index (κ3) is 6.09. The van der Waals surface area contributed by atoms with Gasteiger partial charge in [0, 0.05) is 12.6 Å². The van der Waals surface area contributed by atoms with E-state index in [0.717, 1.165) is 0 Å². The van der Waals surface area contributed by atoms with Crippen LogP contribution in [0.1, 0.15) is 6.92 Å². The molecule has 0 aliphatic rings. The lowest BCUT2D eigenvalue weighted by Crippen LogP contribution is -2.43. The third-order valence-electron chi connectivity index (χ3n) is 2.82. The van der Waals surface area contributed by atoms with E-state index in [4.69, 9.17) is 9.47 Å². The standard InChI is InChI=1S/C17H18N2O4/c1-13(19-17(21)23-15-10-6-3-7-11-15)12-18-16(20)22-14-8-4-2-5-9-14/h2-11,13H,12H2,1H3,(H,18,20)(H,19,21)/t13-/m0/s1. The minimum atomic E-state index is -0.582. The molecule has 23 heavy (non-hydrogen) atoms. The van der Waals surface area contributed by atoms with Gasteiger partial charge in [-0.15, -0.1) is 0 Å². The van der Waals surface area contributed by atoms with Crippen molar-refractivity contribution in [2.75, 3.05) is 6.54 Å². The maximum Gasteiger partial charge on any atom is 0.412 e. The Morgan fingerprint density at radius 1 is 0.870 bits per heavy atom. The van der Waals surface area contributed by atoms with Crippen molar-refractivity contribution >= 4 is 12.2 Å².